The van der Waals surface area contributed by atoms with E-state index in [1.54, 1.807) is 12.4 Å². The van der Waals surface area contributed by atoms with Crippen LogP contribution in [0.1, 0.15) is 24.3 Å². The van der Waals surface area contributed by atoms with Gasteiger partial charge in [-0.05, 0) is 67.7 Å². The number of aromatic amines is 2. The topological polar surface area (TPSA) is 95.2 Å². The Morgan fingerprint density at radius 1 is 0.867 bits per heavy atom. The first-order valence-electron chi connectivity index (χ1n) is 10.3. The second-order valence-corrected chi connectivity index (χ2v) is 7.76. The molecule has 30 heavy (non-hydrogen) atoms. The van der Waals surface area contributed by atoms with E-state index in [2.05, 4.69) is 48.7 Å². The minimum absolute atomic E-state index is 0.592. The quantitative estimate of drug-likeness (QED) is 0.429. The van der Waals surface area contributed by atoms with Gasteiger partial charge >= 0.3 is 0 Å². The molecule has 0 saturated carbocycles. The Morgan fingerprint density at radius 2 is 1.80 bits per heavy atom. The van der Waals surface area contributed by atoms with Crippen molar-refractivity contribution < 1.29 is 0 Å². The van der Waals surface area contributed by atoms with Crippen molar-refractivity contribution in [1.82, 2.24) is 35.5 Å². The van der Waals surface area contributed by atoms with E-state index in [0.717, 1.165) is 57.9 Å². The zero-order chi connectivity index (χ0) is 19.9. The predicted molar refractivity (Wildman–Crippen MR) is 117 cm³/mol. The molecule has 0 radical (unpaired) electrons. The lowest BCUT2D eigenvalue weighted by Crippen LogP contribution is -2.26. The zero-order valence-electron chi connectivity index (χ0n) is 16.4. The van der Waals surface area contributed by atoms with Gasteiger partial charge in [0.2, 0.25) is 0 Å². The third-order valence-corrected chi connectivity index (χ3v) is 5.93. The predicted octanol–water partition coefficient (Wildman–Crippen LogP) is 4.03. The molecule has 3 N–H and O–H groups in total. The van der Waals surface area contributed by atoms with Crippen LogP contribution in [-0.2, 0) is 0 Å². The lowest BCUT2D eigenvalue weighted by Gasteiger charge is -2.23. The number of hydrogen-bond acceptors (Lipinski definition) is 5. The molecule has 0 unspecified atom stereocenters. The first-order valence-corrected chi connectivity index (χ1v) is 10.3. The summed E-state index contributed by atoms with van der Waals surface area (Å²) in [6.07, 6.45) is 5.89. The van der Waals surface area contributed by atoms with Crippen molar-refractivity contribution in [3.8, 4) is 22.9 Å². The molecule has 1 fully saturated rings. The molecule has 148 valence electrons. The first kappa shape index (κ1) is 17.3. The summed E-state index contributed by atoms with van der Waals surface area (Å²) in [6, 6.07) is 14.4. The van der Waals surface area contributed by atoms with Gasteiger partial charge in [0.05, 0.1) is 16.7 Å². The highest BCUT2D eigenvalue weighted by Gasteiger charge is 2.19. The maximum atomic E-state index is 4.87. The van der Waals surface area contributed by atoms with Crippen molar-refractivity contribution in [3.05, 3.63) is 60.4 Å². The molecule has 0 aliphatic carbocycles. The van der Waals surface area contributed by atoms with E-state index in [1.807, 2.05) is 24.3 Å². The molecule has 1 aromatic carbocycles. The van der Waals surface area contributed by atoms with Crippen molar-refractivity contribution in [2.75, 3.05) is 13.1 Å². The minimum Gasteiger partial charge on any atom is -0.336 e. The van der Waals surface area contributed by atoms with Crippen molar-refractivity contribution in [3.63, 3.8) is 0 Å². The Labute approximate surface area is 173 Å². The van der Waals surface area contributed by atoms with Crippen LogP contribution in [0.25, 0.3) is 44.8 Å². The van der Waals surface area contributed by atoms with Gasteiger partial charge in [-0.3, -0.25) is 15.1 Å². The highest BCUT2D eigenvalue weighted by atomic mass is 15.1. The van der Waals surface area contributed by atoms with Crippen LogP contribution in [0.5, 0.6) is 0 Å². The van der Waals surface area contributed by atoms with Gasteiger partial charge in [0, 0.05) is 17.8 Å². The fourth-order valence-corrected chi connectivity index (χ4v) is 4.36. The monoisotopic (exact) mass is 395 g/mol. The second kappa shape index (κ2) is 7.03. The molecule has 0 atom stereocenters. The molecule has 5 heterocycles. The van der Waals surface area contributed by atoms with E-state index in [1.165, 1.54) is 18.4 Å². The largest absolute Gasteiger partial charge is 0.336 e. The van der Waals surface area contributed by atoms with E-state index >= 15 is 0 Å². The number of nitrogens with one attached hydrogen (secondary N) is 3. The molecule has 1 saturated heterocycles. The molecule has 7 heteroatoms. The van der Waals surface area contributed by atoms with E-state index in [9.17, 15) is 0 Å². The highest BCUT2D eigenvalue weighted by Crippen LogP contribution is 2.33. The molecule has 6 rings (SSSR count). The van der Waals surface area contributed by atoms with Crippen LogP contribution in [0, 0.1) is 0 Å². The normalized spacial score (nSPS) is 15.2. The number of piperidine rings is 1. The van der Waals surface area contributed by atoms with Crippen LogP contribution < -0.4 is 5.32 Å². The Kier molecular flexibility index (Phi) is 4.06. The lowest BCUT2D eigenvalue weighted by molar-refractivity contribution is 0.460. The van der Waals surface area contributed by atoms with Gasteiger partial charge in [-0.25, -0.2) is 4.98 Å². The van der Waals surface area contributed by atoms with Gasteiger partial charge in [-0.15, -0.1) is 0 Å². The SMILES string of the molecule is c1ccc(-c2nccc3[nH]c(-c4n[nH]c5ccc(C6CCNCC6)cc45)nc23)nc1. The van der Waals surface area contributed by atoms with Crippen LogP contribution in [0.15, 0.2) is 54.9 Å². The number of aromatic nitrogens is 6. The summed E-state index contributed by atoms with van der Waals surface area (Å²) in [5.41, 5.74) is 6.53. The van der Waals surface area contributed by atoms with Crippen molar-refractivity contribution >= 4 is 21.9 Å². The summed E-state index contributed by atoms with van der Waals surface area (Å²) in [4.78, 5) is 17.3. The zero-order valence-corrected chi connectivity index (χ0v) is 16.4. The van der Waals surface area contributed by atoms with Crippen molar-refractivity contribution in [1.29, 1.82) is 0 Å². The molecule has 1 aliphatic rings. The summed E-state index contributed by atoms with van der Waals surface area (Å²) < 4.78 is 0. The maximum Gasteiger partial charge on any atom is 0.159 e. The summed E-state index contributed by atoms with van der Waals surface area (Å²) in [7, 11) is 0. The van der Waals surface area contributed by atoms with E-state index in [-0.39, 0.29) is 0 Å². The van der Waals surface area contributed by atoms with Gasteiger partial charge in [-0.2, -0.15) is 5.10 Å². The lowest BCUT2D eigenvalue weighted by atomic mass is 9.89. The molecule has 4 aromatic heterocycles. The Hall–Kier alpha value is -3.58. The average Bonchev–Trinajstić information content (AvgIpc) is 3.43. The minimum atomic E-state index is 0.592. The van der Waals surface area contributed by atoms with E-state index in [0.29, 0.717) is 5.92 Å². The molecule has 0 spiro atoms. The number of rotatable bonds is 3. The number of benzene rings is 1. The van der Waals surface area contributed by atoms with Crippen LogP contribution in [0.3, 0.4) is 0 Å². The molecule has 7 nitrogen and oxygen atoms in total. The average molecular weight is 395 g/mol. The van der Waals surface area contributed by atoms with Gasteiger partial charge in [0.1, 0.15) is 16.9 Å². The maximum absolute atomic E-state index is 4.87. The van der Waals surface area contributed by atoms with Gasteiger partial charge in [0.25, 0.3) is 0 Å². The number of pyridine rings is 2. The number of nitrogens with zero attached hydrogens (tertiary/aromatic N) is 4. The summed E-state index contributed by atoms with van der Waals surface area (Å²) >= 11 is 0. The number of imidazole rings is 1. The summed E-state index contributed by atoms with van der Waals surface area (Å²) in [6.45, 7) is 2.15. The Morgan fingerprint density at radius 3 is 2.67 bits per heavy atom. The third kappa shape index (κ3) is 2.86. The highest BCUT2D eigenvalue weighted by molar-refractivity contribution is 5.95. The van der Waals surface area contributed by atoms with Crippen LogP contribution in [-0.4, -0.2) is 43.2 Å². The van der Waals surface area contributed by atoms with Crippen LogP contribution in [0.4, 0.5) is 0 Å². The van der Waals surface area contributed by atoms with Crippen LogP contribution >= 0.6 is 0 Å². The van der Waals surface area contributed by atoms with Crippen LogP contribution in [0.2, 0.25) is 0 Å². The Balaban J connectivity index is 1.47. The smallest absolute Gasteiger partial charge is 0.159 e. The molecule has 0 amide bonds. The van der Waals surface area contributed by atoms with Crippen molar-refractivity contribution in [2.24, 2.45) is 0 Å². The fraction of sp³-hybridized carbons (Fsp3) is 0.217. The van der Waals surface area contributed by atoms with E-state index < -0.39 is 0 Å². The summed E-state index contributed by atoms with van der Waals surface area (Å²) in [5.74, 6) is 1.33. The van der Waals surface area contributed by atoms with E-state index in [4.69, 9.17) is 4.98 Å². The molecule has 5 aromatic rings. The number of fused-ring (bicyclic) bond motifs is 2. The summed E-state index contributed by atoms with van der Waals surface area (Å²) in [5, 5.41) is 12.3. The van der Waals surface area contributed by atoms with Crippen molar-refractivity contribution in [2.45, 2.75) is 18.8 Å². The van der Waals surface area contributed by atoms with Gasteiger partial charge in [0.15, 0.2) is 5.82 Å². The van der Waals surface area contributed by atoms with Gasteiger partial charge in [-0.1, -0.05) is 12.1 Å². The number of H-pyrrole nitrogens is 2. The molecule has 0 bridgehead atoms. The standard InChI is InChI=1S/C23H21N7/c1-2-9-25-18(3-1)21-22-19(8-12-26-21)27-23(28-22)20-16-13-15(4-5-17(16)29-30-20)14-6-10-24-11-7-14/h1-5,8-9,12-14,24H,6-7,10-11H2,(H,27,28)(H,29,30). The molecule has 1 aliphatic heterocycles. The number of hydrogen-bond donors (Lipinski definition) is 3. The second-order valence-electron chi connectivity index (χ2n) is 7.76. The Bertz CT molecular complexity index is 1330. The molecular weight excluding hydrogens is 374 g/mol. The third-order valence-electron chi connectivity index (χ3n) is 5.93. The van der Waals surface area contributed by atoms with Gasteiger partial charge < -0.3 is 10.3 Å². The first-order chi connectivity index (χ1) is 14.9. The fourth-order valence-electron chi connectivity index (χ4n) is 4.36. The molecular formula is C23H21N7.